The zero-order valence-electron chi connectivity index (χ0n) is 7.03. The zero-order chi connectivity index (χ0) is 9.61. The number of nitriles is 1. The van der Waals surface area contributed by atoms with Gasteiger partial charge in [0, 0.05) is 6.42 Å². The Kier molecular flexibility index (Phi) is 5.18. The first-order chi connectivity index (χ1) is 5.54. The number of nitrogens with zero attached hydrogens (tertiary/aromatic N) is 1. The molecule has 1 unspecified atom stereocenters. The van der Waals surface area contributed by atoms with Gasteiger partial charge >= 0.3 is 5.97 Å². The maximum atomic E-state index is 10.2. The minimum absolute atomic E-state index is 0.0532. The van der Waals surface area contributed by atoms with Crippen LogP contribution < -0.4 is 0 Å². The average Bonchev–Trinajstić information content (AvgIpc) is 2.02. The van der Waals surface area contributed by atoms with Gasteiger partial charge in [0.15, 0.2) is 0 Å². The van der Waals surface area contributed by atoms with Gasteiger partial charge in [0.05, 0.1) is 6.07 Å². The molecule has 0 heterocycles. The highest BCUT2D eigenvalue weighted by molar-refractivity contribution is 8.77. The van der Waals surface area contributed by atoms with Gasteiger partial charge < -0.3 is 5.11 Å². The van der Waals surface area contributed by atoms with Gasteiger partial charge in [-0.1, -0.05) is 21.6 Å². The third-order valence-corrected chi connectivity index (χ3v) is 3.75. The summed E-state index contributed by atoms with van der Waals surface area (Å²) in [6, 6.07) is 2.11. The molecule has 0 bridgehead atoms. The van der Waals surface area contributed by atoms with Gasteiger partial charge in [0.1, 0.15) is 4.75 Å². The Morgan fingerprint density at radius 1 is 1.75 bits per heavy atom. The first kappa shape index (κ1) is 11.7. The normalized spacial score (nSPS) is 14.8. The molecular formula is C7H11NO2S2. The van der Waals surface area contributed by atoms with E-state index in [9.17, 15) is 4.79 Å². The largest absolute Gasteiger partial charge is 0.481 e. The third-order valence-electron chi connectivity index (χ3n) is 1.32. The fourth-order valence-corrected chi connectivity index (χ4v) is 2.70. The quantitative estimate of drug-likeness (QED) is 0.697. The minimum atomic E-state index is -0.849. The van der Waals surface area contributed by atoms with Crippen LogP contribution in [0.2, 0.25) is 0 Å². The number of aliphatic carboxylic acids is 1. The van der Waals surface area contributed by atoms with Crippen molar-refractivity contribution in [3.8, 4) is 6.07 Å². The topological polar surface area (TPSA) is 61.1 Å². The highest BCUT2D eigenvalue weighted by Gasteiger charge is 2.25. The molecule has 0 aliphatic heterocycles. The Balaban J connectivity index is 3.98. The first-order valence-electron chi connectivity index (χ1n) is 3.39. The standard InChI is InChI=1S/C7H11NO2S2/c1-7(5-8,12-11-2)4-3-6(9)10/h3-4H2,1-2H3,(H,9,10). The molecule has 1 atom stereocenters. The summed E-state index contributed by atoms with van der Waals surface area (Å²) in [6.07, 6.45) is 2.32. The lowest BCUT2D eigenvalue weighted by Gasteiger charge is -2.17. The number of hydrogen-bond acceptors (Lipinski definition) is 4. The molecule has 0 amide bonds. The Morgan fingerprint density at radius 2 is 2.33 bits per heavy atom. The first-order valence-corrected chi connectivity index (χ1v) is 5.95. The molecule has 1 N–H and O–H groups in total. The lowest BCUT2D eigenvalue weighted by Crippen LogP contribution is -2.17. The second kappa shape index (κ2) is 5.33. The molecule has 0 saturated carbocycles. The molecule has 0 rings (SSSR count). The SMILES string of the molecule is CSSC(C)(C#N)CCC(=O)O. The van der Waals surface area contributed by atoms with Crippen LogP contribution in [0.25, 0.3) is 0 Å². The van der Waals surface area contributed by atoms with Gasteiger partial charge in [-0.3, -0.25) is 4.79 Å². The van der Waals surface area contributed by atoms with Crippen molar-refractivity contribution in [3.05, 3.63) is 0 Å². The van der Waals surface area contributed by atoms with Crippen LogP contribution in [0.15, 0.2) is 0 Å². The van der Waals surface area contributed by atoms with E-state index in [-0.39, 0.29) is 6.42 Å². The molecule has 0 aliphatic carbocycles. The van der Waals surface area contributed by atoms with E-state index >= 15 is 0 Å². The highest BCUT2D eigenvalue weighted by atomic mass is 33.1. The third kappa shape index (κ3) is 4.52. The molecule has 5 heteroatoms. The van der Waals surface area contributed by atoms with E-state index in [1.807, 2.05) is 6.26 Å². The van der Waals surface area contributed by atoms with Gasteiger partial charge in [0.2, 0.25) is 0 Å². The van der Waals surface area contributed by atoms with E-state index in [1.165, 1.54) is 21.6 Å². The molecule has 12 heavy (non-hydrogen) atoms. The summed E-state index contributed by atoms with van der Waals surface area (Å²) in [5, 5.41) is 17.2. The Hall–Kier alpha value is -0.340. The maximum Gasteiger partial charge on any atom is 0.303 e. The summed E-state index contributed by atoms with van der Waals surface area (Å²) in [6.45, 7) is 1.76. The summed E-state index contributed by atoms with van der Waals surface area (Å²) in [5.74, 6) is -0.849. The Bertz CT molecular complexity index is 202. The van der Waals surface area contributed by atoms with E-state index in [4.69, 9.17) is 10.4 Å². The van der Waals surface area contributed by atoms with Gasteiger partial charge in [0.25, 0.3) is 0 Å². The summed E-state index contributed by atoms with van der Waals surface area (Å²) in [4.78, 5) is 10.2. The minimum Gasteiger partial charge on any atom is -0.481 e. The molecular weight excluding hydrogens is 194 g/mol. The molecule has 0 radical (unpaired) electrons. The van der Waals surface area contributed by atoms with Gasteiger partial charge in [-0.2, -0.15) is 5.26 Å². The van der Waals surface area contributed by atoms with Crippen LogP contribution in [0.3, 0.4) is 0 Å². The van der Waals surface area contributed by atoms with Crippen LogP contribution >= 0.6 is 21.6 Å². The van der Waals surface area contributed by atoms with Crippen molar-refractivity contribution >= 4 is 27.6 Å². The molecule has 0 aromatic heterocycles. The van der Waals surface area contributed by atoms with E-state index in [2.05, 4.69) is 6.07 Å². The van der Waals surface area contributed by atoms with Gasteiger partial charge in [-0.05, 0) is 19.6 Å². The molecule has 3 nitrogen and oxygen atoms in total. The molecule has 0 fully saturated rings. The summed E-state index contributed by atoms with van der Waals surface area (Å²) < 4.78 is -0.572. The van der Waals surface area contributed by atoms with Crippen molar-refractivity contribution in [1.82, 2.24) is 0 Å². The van der Waals surface area contributed by atoms with Crippen molar-refractivity contribution in [2.75, 3.05) is 6.26 Å². The Labute approximate surface area is 79.9 Å². The molecule has 0 aliphatic rings. The predicted octanol–water partition coefficient (Wildman–Crippen LogP) is 2.14. The molecule has 0 saturated heterocycles. The van der Waals surface area contributed by atoms with Crippen molar-refractivity contribution in [1.29, 1.82) is 5.26 Å². The van der Waals surface area contributed by atoms with Gasteiger partial charge in [-0.25, -0.2) is 0 Å². The second-order valence-electron chi connectivity index (χ2n) is 2.49. The van der Waals surface area contributed by atoms with Crippen molar-refractivity contribution in [2.24, 2.45) is 0 Å². The zero-order valence-corrected chi connectivity index (χ0v) is 8.67. The number of hydrogen-bond donors (Lipinski definition) is 1. The summed E-state index contributed by atoms with van der Waals surface area (Å²) in [5.41, 5.74) is 0. The maximum absolute atomic E-state index is 10.2. The molecule has 0 aromatic carbocycles. The average molecular weight is 205 g/mol. The fourth-order valence-electron chi connectivity index (χ4n) is 0.646. The van der Waals surface area contributed by atoms with E-state index < -0.39 is 10.7 Å². The van der Waals surface area contributed by atoms with E-state index in [0.717, 1.165) is 0 Å². The molecule has 0 aromatic rings. The van der Waals surface area contributed by atoms with Crippen LogP contribution in [0.1, 0.15) is 19.8 Å². The summed E-state index contributed by atoms with van der Waals surface area (Å²) in [7, 11) is 2.90. The van der Waals surface area contributed by atoms with Crippen LogP contribution in [0, 0.1) is 11.3 Å². The smallest absolute Gasteiger partial charge is 0.303 e. The van der Waals surface area contributed by atoms with Crippen LogP contribution in [0.5, 0.6) is 0 Å². The lowest BCUT2D eigenvalue weighted by molar-refractivity contribution is -0.137. The van der Waals surface area contributed by atoms with Gasteiger partial charge in [-0.15, -0.1) is 0 Å². The fraction of sp³-hybridized carbons (Fsp3) is 0.714. The number of carboxylic acid groups (broad SMARTS) is 1. The van der Waals surface area contributed by atoms with Crippen LogP contribution in [-0.4, -0.2) is 22.1 Å². The number of rotatable bonds is 5. The number of carbonyl (C=O) groups is 1. The van der Waals surface area contributed by atoms with Crippen LogP contribution in [0.4, 0.5) is 0 Å². The van der Waals surface area contributed by atoms with E-state index in [0.29, 0.717) is 6.42 Å². The monoisotopic (exact) mass is 205 g/mol. The lowest BCUT2D eigenvalue weighted by atomic mass is 10.1. The molecule has 68 valence electrons. The Morgan fingerprint density at radius 3 is 2.67 bits per heavy atom. The summed E-state index contributed by atoms with van der Waals surface area (Å²) >= 11 is 0. The van der Waals surface area contributed by atoms with Crippen molar-refractivity contribution in [2.45, 2.75) is 24.5 Å². The van der Waals surface area contributed by atoms with Crippen molar-refractivity contribution < 1.29 is 9.90 Å². The van der Waals surface area contributed by atoms with E-state index in [1.54, 1.807) is 6.92 Å². The predicted molar refractivity (Wildman–Crippen MR) is 52.0 cm³/mol. The highest BCUT2D eigenvalue weighted by Crippen LogP contribution is 2.36. The molecule has 0 spiro atoms. The second-order valence-corrected chi connectivity index (χ2v) is 5.39. The van der Waals surface area contributed by atoms with Crippen molar-refractivity contribution in [3.63, 3.8) is 0 Å². The van der Waals surface area contributed by atoms with Crippen LogP contribution in [-0.2, 0) is 4.79 Å². The number of carboxylic acids is 1.